The first kappa shape index (κ1) is 20.3. The van der Waals surface area contributed by atoms with E-state index in [1.165, 1.54) is 12.1 Å². The zero-order chi connectivity index (χ0) is 20.6. The van der Waals surface area contributed by atoms with Crippen molar-refractivity contribution in [2.75, 3.05) is 13.6 Å². The molecule has 1 fully saturated rings. The Morgan fingerprint density at radius 2 is 2.00 bits per heavy atom. The van der Waals surface area contributed by atoms with Crippen molar-refractivity contribution in [3.63, 3.8) is 0 Å². The van der Waals surface area contributed by atoms with Crippen LogP contribution in [0.5, 0.6) is 0 Å². The van der Waals surface area contributed by atoms with Gasteiger partial charge in [0.2, 0.25) is 5.91 Å². The predicted molar refractivity (Wildman–Crippen MR) is 97.2 cm³/mol. The summed E-state index contributed by atoms with van der Waals surface area (Å²) in [4.78, 5) is 17.5. The van der Waals surface area contributed by atoms with Gasteiger partial charge in [-0.3, -0.25) is 14.5 Å². The van der Waals surface area contributed by atoms with Crippen LogP contribution in [0.1, 0.15) is 40.7 Å². The van der Waals surface area contributed by atoms with Gasteiger partial charge in [-0.25, -0.2) is 0 Å². The third-order valence-corrected chi connectivity index (χ3v) is 5.44. The summed E-state index contributed by atoms with van der Waals surface area (Å²) in [7, 11) is 3.62. The highest BCUT2D eigenvalue weighted by Crippen LogP contribution is 2.39. The Morgan fingerprint density at radius 1 is 1.29 bits per heavy atom. The number of pyridine rings is 1. The normalized spacial score (nSPS) is 20.2. The monoisotopic (exact) mass is 395 g/mol. The van der Waals surface area contributed by atoms with Crippen LogP contribution in [0.2, 0.25) is 0 Å². The Hall–Kier alpha value is -2.42. The van der Waals surface area contributed by atoms with Crippen LogP contribution in [0.25, 0.3) is 0 Å². The zero-order valence-electron chi connectivity index (χ0n) is 16.3. The predicted octanol–water partition coefficient (Wildman–Crippen LogP) is 2.76. The lowest BCUT2D eigenvalue weighted by Crippen LogP contribution is -2.30. The SMILES string of the molecule is Cc1nn(C)c(C)c1[C@@H]1[C@@H](CNCc2cccnc2C(F)(F)F)CC(=O)N1C. The third-order valence-electron chi connectivity index (χ3n) is 5.44. The van der Waals surface area contributed by atoms with Crippen LogP contribution in [0.4, 0.5) is 13.2 Å². The van der Waals surface area contributed by atoms with Crippen LogP contribution in [-0.4, -0.2) is 39.2 Å². The minimum Gasteiger partial charge on any atom is -0.338 e. The average molecular weight is 395 g/mol. The molecule has 0 unspecified atom stereocenters. The molecular formula is C19H24F3N5O. The molecule has 3 heterocycles. The van der Waals surface area contributed by atoms with E-state index < -0.39 is 11.9 Å². The van der Waals surface area contributed by atoms with Crippen molar-refractivity contribution in [1.82, 2.24) is 25.0 Å². The molecule has 2 atom stereocenters. The molecule has 0 saturated carbocycles. The lowest BCUT2D eigenvalue weighted by molar-refractivity contribution is -0.141. The molecule has 1 aliphatic rings. The number of rotatable bonds is 5. The van der Waals surface area contributed by atoms with Gasteiger partial charge in [0.25, 0.3) is 0 Å². The van der Waals surface area contributed by atoms with Gasteiger partial charge in [0.1, 0.15) is 5.69 Å². The molecule has 1 saturated heterocycles. The van der Waals surface area contributed by atoms with Crippen molar-refractivity contribution in [2.24, 2.45) is 13.0 Å². The van der Waals surface area contributed by atoms with Crippen molar-refractivity contribution < 1.29 is 18.0 Å². The molecular weight excluding hydrogens is 371 g/mol. The third kappa shape index (κ3) is 3.76. The van der Waals surface area contributed by atoms with Gasteiger partial charge in [-0.05, 0) is 25.5 Å². The molecule has 2 aromatic rings. The number of carbonyl (C=O) groups excluding carboxylic acids is 1. The van der Waals surface area contributed by atoms with Crippen LogP contribution in [0.3, 0.4) is 0 Å². The average Bonchev–Trinajstić information content (AvgIpc) is 3.03. The van der Waals surface area contributed by atoms with E-state index in [1.807, 2.05) is 20.9 Å². The highest BCUT2D eigenvalue weighted by Gasteiger charge is 2.41. The van der Waals surface area contributed by atoms with Gasteiger partial charge < -0.3 is 10.2 Å². The number of halogens is 3. The van der Waals surface area contributed by atoms with E-state index in [1.54, 1.807) is 16.6 Å². The smallest absolute Gasteiger partial charge is 0.338 e. The second-order valence-corrected chi connectivity index (χ2v) is 7.26. The molecule has 0 aliphatic carbocycles. The van der Waals surface area contributed by atoms with Gasteiger partial charge in [0.05, 0.1) is 11.7 Å². The van der Waals surface area contributed by atoms with Crippen molar-refractivity contribution >= 4 is 5.91 Å². The summed E-state index contributed by atoms with van der Waals surface area (Å²) in [6, 6.07) is 2.76. The molecule has 0 bridgehead atoms. The van der Waals surface area contributed by atoms with Gasteiger partial charge in [-0.2, -0.15) is 18.3 Å². The largest absolute Gasteiger partial charge is 0.433 e. The molecule has 1 N–H and O–H groups in total. The standard InChI is InChI=1S/C19H24F3N5O/c1-11-16(12(2)27(4)25-11)17-14(8-15(28)26(17)3)10-23-9-13-6-5-7-24-18(13)19(20,21)22/h5-7,14,17,23H,8-10H2,1-4H3/t14-,17+/m1/s1. The number of nitrogens with zero attached hydrogens (tertiary/aromatic N) is 4. The number of aromatic nitrogens is 3. The Morgan fingerprint density at radius 3 is 2.61 bits per heavy atom. The lowest BCUT2D eigenvalue weighted by Gasteiger charge is -2.26. The van der Waals surface area contributed by atoms with E-state index in [0.29, 0.717) is 13.0 Å². The molecule has 28 heavy (non-hydrogen) atoms. The van der Waals surface area contributed by atoms with Gasteiger partial charge >= 0.3 is 6.18 Å². The first-order valence-corrected chi connectivity index (χ1v) is 9.08. The van der Waals surface area contributed by atoms with Crippen LogP contribution in [0, 0.1) is 19.8 Å². The van der Waals surface area contributed by atoms with Crippen molar-refractivity contribution in [2.45, 2.75) is 39.0 Å². The fourth-order valence-electron chi connectivity index (χ4n) is 4.01. The fraction of sp³-hybridized carbons (Fsp3) is 0.526. The summed E-state index contributed by atoms with van der Waals surface area (Å²) >= 11 is 0. The Bertz CT molecular complexity index is 877. The first-order chi connectivity index (χ1) is 13.1. The number of hydrogen-bond acceptors (Lipinski definition) is 4. The number of carbonyl (C=O) groups is 1. The van der Waals surface area contributed by atoms with Gasteiger partial charge in [-0.1, -0.05) is 6.07 Å². The summed E-state index contributed by atoms with van der Waals surface area (Å²) in [6.45, 7) is 4.33. The molecule has 1 aliphatic heterocycles. The summed E-state index contributed by atoms with van der Waals surface area (Å²) in [5.41, 5.74) is 2.08. The Labute approximate surface area is 161 Å². The van der Waals surface area contributed by atoms with E-state index in [4.69, 9.17) is 0 Å². The second-order valence-electron chi connectivity index (χ2n) is 7.26. The highest BCUT2D eigenvalue weighted by atomic mass is 19.4. The van der Waals surface area contributed by atoms with Crippen molar-refractivity contribution in [3.8, 4) is 0 Å². The molecule has 0 spiro atoms. The second kappa shape index (κ2) is 7.54. The Kier molecular flexibility index (Phi) is 5.47. The highest BCUT2D eigenvalue weighted by molar-refractivity contribution is 5.79. The molecule has 1 amide bonds. The Balaban J connectivity index is 1.76. The lowest BCUT2D eigenvalue weighted by atomic mass is 9.92. The van der Waals surface area contributed by atoms with E-state index in [9.17, 15) is 18.0 Å². The molecule has 2 aromatic heterocycles. The fourth-order valence-corrected chi connectivity index (χ4v) is 4.01. The van der Waals surface area contributed by atoms with E-state index in [-0.39, 0.29) is 30.0 Å². The van der Waals surface area contributed by atoms with Crippen LogP contribution in [0.15, 0.2) is 18.3 Å². The van der Waals surface area contributed by atoms with Crippen LogP contribution in [-0.2, 0) is 24.6 Å². The number of nitrogens with one attached hydrogen (secondary N) is 1. The number of likely N-dealkylation sites (tertiary alicyclic amines) is 1. The number of aryl methyl sites for hydroxylation is 2. The molecule has 0 aromatic carbocycles. The molecule has 6 nitrogen and oxygen atoms in total. The van der Waals surface area contributed by atoms with E-state index in [2.05, 4.69) is 15.4 Å². The summed E-state index contributed by atoms with van der Waals surface area (Å²) in [5.74, 6) is -0.0260. The maximum Gasteiger partial charge on any atom is 0.433 e. The number of amides is 1. The van der Waals surface area contributed by atoms with Crippen molar-refractivity contribution in [1.29, 1.82) is 0 Å². The quantitative estimate of drug-likeness (QED) is 0.846. The summed E-state index contributed by atoms with van der Waals surface area (Å²) in [6.07, 6.45) is -3.00. The topological polar surface area (TPSA) is 63.1 Å². The summed E-state index contributed by atoms with van der Waals surface area (Å²) in [5, 5.41) is 7.54. The first-order valence-electron chi connectivity index (χ1n) is 9.08. The molecule has 0 radical (unpaired) electrons. The maximum atomic E-state index is 13.1. The van der Waals surface area contributed by atoms with E-state index in [0.717, 1.165) is 23.1 Å². The van der Waals surface area contributed by atoms with Crippen LogP contribution >= 0.6 is 0 Å². The maximum absolute atomic E-state index is 13.1. The summed E-state index contributed by atoms with van der Waals surface area (Å²) < 4.78 is 41.1. The van der Waals surface area contributed by atoms with Crippen LogP contribution < -0.4 is 5.32 Å². The minimum atomic E-state index is -4.49. The van der Waals surface area contributed by atoms with Crippen molar-refractivity contribution in [3.05, 3.63) is 46.5 Å². The van der Waals surface area contributed by atoms with Gasteiger partial charge in [0.15, 0.2) is 0 Å². The zero-order valence-corrected chi connectivity index (χ0v) is 16.3. The van der Waals surface area contributed by atoms with E-state index >= 15 is 0 Å². The molecule has 152 valence electrons. The molecule has 9 heteroatoms. The number of hydrogen-bond donors (Lipinski definition) is 1. The molecule has 3 rings (SSSR count). The number of alkyl halides is 3. The van der Waals surface area contributed by atoms with Gasteiger partial charge in [-0.15, -0.1) is 0 Å². The van der Waals surface area contributed by atoms with Gasteiger partial charge in [0, 0.05) is 57.0 Å². The minimum absolute atomic E-state index is 0.0248.